The number of nitrogens with zero attached hydrogens (tertiary/aromatic N) is 1. The van der Waals surface area contributed by atoms with Gasteiger partial charge in [-0.3, -0.25) is 4.79 Å². The Labute approximate surface area is 130 Å². The Kier molecular flexibility index (Phi) is 4.93. The standard InChI is InChI=1S/C15H12BrClN2O/c1-10(11-5-7-14(17)8-6-11)18-19-15(20)12-3-2-4-13(16)9-12/h2-9H,1H3,(H,19,20)/b18-10-. The molecular weight excluding hydrogens is 340 g/mol. The highest BCUT2D eigenvalue weighted by Gasteiger charge is 2.05. The minimum Gasteiger partial charge on any atom is -0.267 e. The first-order chi connectivity index (χ1) is 9.56. The number of rotatable bonds is 3. The Morgan fingerprint density at radius 3 is 2.50 bits per heavy atom. The summed E-state index contributed by atoms with van der Waals surface area (Å²) in [5.41, 5.74) is 4.70. The summed E-state index contributed by atoms with van der Waals surface area (Å²) >= 11 is 9.15. The number of nitrogens with one attached hydrogen (secondary N) is 1. The predicted molar refractivity (Wildman–Crippen MR) is 85.3 cm³/mol. The molecule has 0 unspecified atom stereocenters. The number of carbonyl (C=O) groups excluding carboxylic acids is 1. The van der Waals surface area contributed by atoms with Crippen molar-refractivity contribution in [3.8, 4) is 0 Å². The van der Waals surface area contributed by atoms with Crippen molar-refractivity contribution in [2.45, 2.75) is 6.92 Å². The average molecular weight is 352 g/mol. The molecule has 0 bridgehead atoms. The van der Waals surface area contributed by atoms with Crippen molar-refractivity contribution >= 4 is 39.1 Å². The topological polar surface area (TPSA) is 41.5 Å². The second kappa shape index (κ2) is 6.68. The monoisotopic (exact) mass is 350 g/mol. The second-order valence-electron chi connectivity index (χ2n) is 4.16. The van der Waals surface area contributed by atoms with Gasteiger partial charge in [0, 0.05) is 15.1 Å². The molecule has 20 heavy (non-hydrogen) atoms. The third-order valence-corrected chi connectivity index (χ3v) is 3.42. The van der Waals surface area contributed by atoms with Crippen LogP contribution in [0.25, 0.3) is 0 Å². The van der Waals surface area contributed by atoms with Crippen LogP contribution in [0.5, 0.6) is 0 Å². The number of carbonyl (C=O) groups is 1. The lowest BCUT2D eigenvalue weighted by atomic mass is 10.1. The molecule has 0 radical (unpaired) electrons. The first kappa shape index (κ1) is 14.8. The predicted octanol–water partition coefficient (Wildman–Crippen LogP) is 4.26. The summed E-state index contributed by atoms with van der Waals surface area (Å²) in [7, 11) is 0. The van der Waals surface area contributed by atoms with Gasteiger partial charge >= 0.3 is 0 Å². The normalized spacial score (nSPS) is 11.2. The molecule has 102 valence electrons. The summed E-state index contributed by atoms with van der Waals surface area (Å²) in [6.45, 7) is 1.82. The largest absolute Gasteiger partial charge is 0.271 e. The lowest BCUT2D eigenvalue weighted by Crippen LogP contribution is -2.19. The molecule has 1 amide bonds. The number of hydrogen-bond donors (Lipinski definition) is 1. The SMILES string of the molecule is C/C(=N/NC(=O)c1cccc(Br)c1)c1ccc(Cl)cc1. The van der Waals surface area contributed by atoms with Crippen LogP contribution < -0.4 is 5.43 Å². The molecule has 0 spiro atoms. The van der Waals surface area contributed by atoms with Crippen molar-refractivity contribution in [2.24, 2.45) is 5.10 Å². The molecule has 0 aromatic heterocycles. The molecule has 0 aliphatic rings. The van der Waals surface area contributed by atoms with Crippen molar-refractivity contribution in [3.63, 3.8) is 0 Å². The Balaban J connectivity index is 2.08. The quantitative estimate of drug-likeness (QED) is 0.651. The lowest BCUT2D eigenvalue weighted by molar-refractivity contribution is 0.0955. The number of halogens is 2. The highest BCUT2D eigenvalue weighted by molar-refractivity contribution is 9.10. The molecule has 3 nitrogen and oxygen atoms in total. The van der Waals surface area contributed by atoms with E-state index in [2.05, 4.69) is 26.5 Å². The highest BCUT2D eigenvalue weighted by atomic mass is 79.9. The van der Waals surface area contributed by atoms with Crippen LogP contribution >= 0.6 is 27.5 Å². The van der Waals surface area contributed by atoms with E-state index in [0.717, 1.165) is 10.0 Å². The van der Waals surface area contributed by atoms with Crippen LogP contribution in [0.2, 0.25) is 5.02 Å². The van der Waals surface area contributed by atoms with E-state index in [-0.39, 0.29) is 5.91 Å². The van der Waals surface area contributed by atoms with Crippen LogP contribution in [0.3, 0.4) is 0 Å². The van der Waals surface area contributed by atoms with Crippen LogP contribution in [0.15, 0.2) is 58.1 Å². The summed E-state index contributed by atoms with van der Waals surface area (Å²) in [5, 5.41) is 4.76. The van der Waals surface area contributed by atoms with Crippen molar-refractivity contribution in [1.82, 2.24) is 5.43 Å². The molecule has 0 heterocycles. The fourth-order valence-corrected chi connectivity index (χ4v) is 2.11. The number of benzene rings is 2. The summed E-state index contributed by atoms with van der Waals surface area (Å²) < 4.78 is 0.851. The van der Waals surface area contributed by atoms with E-state index in [1.807, 2.05) is 25.1 Å². The number of hydrogen-bond acceptors (Lipinski definition) is 2. The van der Waals surface area contributed by atoms with Crippen molar-refractivity contribution in [2.75, 3.05) is 0 Å². The van der Waals surface area contributed by atoms with E-state index in [9.17, 15) is 4.79 Å². The Morgan fingerprint density at radius 1 is 1.15 bits per heavy atom. The zero-order valence-corrected chi connectivity index (χ0v) is 13.1. The van der Waals surface area contributed by atoms with Crippen molar-refractivity contribution < 1.29 is 4.79 Å². The zero-order chi connectivity index (χ0) is 14.5. The van der Waals surface area contributed by atoms with Gasteiger partial charge in [0.15, 0.2) is 0 Å². The first-order valence-electron chi connectivity index (χ1n) is 5.92. The molecular formula is C15H12BrClN2O. The van der Waals surface area contributed by atoms with Crippen LogP contribution in [0, 0.1) is 0 Å². The van der Waals surface area contributed by atoms with Gasteiger partial charge in [-0.25, -0.2) is 5.43 Å². The van der Waals surface area contributed by atoms with E-state index in [1.54, 1.807) is 30.3 Å². The van der Waals surface area contributed by atoms with Gasteiger partial charge in [-0.05, 0) is 42.8 Å². The average Bonchev–Trinajstić information content (AvgIpc) is 2.45. The van der Waals surface area contributed by atoms with E-state index in [4.69, 9.17) is 11.6 Å². The van der Waals surface area contributed by atoms with Gasteiger partial charge < -0.3 is 0 Å². The van der Waals surface area contributed by atoms with Gasteiger partial charge in [0.25, 0.3) is 5.91 Å². The molecule has 2 rings (SSSR count). The van der Waals surface area contributed by atoms with Crippen LogP contribution in [0.1, 0.15) is 22.8 Å². The van der Waals surface area contributed by atoms with Gasteiger partial charge in [0.2, 0.25) is 0 Å². The minimum absolute atomic E-state index is 0.250. The second-order valence-corrected chi connectivity index (χ2v) is 5.51. The molecule has 5 heteroatoms. The Bertz CT molecular complexity index is 653. The summed E-state index contributed by atoms with van der Waals surface area (Å²) in [6.07, 6.45) is 0. The van der Waals surface area contributed by atoms with Crippen LogP contribution in [-0.2, 0) is 0 Å². The van der Waals surface area contributed by atoms with E-state index >= 15 is 0 Å². The smallest absolute Gasteiger partial charge is 0.267 e. The van der Waals surface area contributed by atoms with Gasteiger partial charge in [0.1, 0.15) is 0 Å². The van der Waals surface area contributed by atoms with Crippen LogP contribution in [0.4, 0.5) is 0 Å². The fraction of sp³-hybridized carbons (Fsp3) is 0.0667. The maximum atomic E-state index is 11.9. The first-order valence-corrected chi connectivity index (χ1v) is 7.09. The van der Waals surface area contributed by atoms with E-state index in [1.165, 1.54) is 0 Å². The Morgan fingerprint density at radius 2 is 1.85 bits per heavy atom. The fourth-order valence-electron chi connectivity index (χ4n) is 1.58. The molecule has 0 fully saturated rings. The van der Waals surface area contributed by atoms with Crippen molar-refractivity contribution in [1.29, 1.82) is 0 Å². The molecule has 2 aromatic rings. The number of amides is 1. The highest BCUT2D eigenvalue weighted by Crippen LogP contribution is 2.12. The zero-order valence-electron chi connectivity index (χ0n) is 10.7. The van der Waals surface area contributed by atoms with E-state index < -0.39 is 0 Å². The molecule has 0 aliphatic heterocycles. The van der Waals surface area contributed by atoms with Crippen molar-refractivity contribution in [3.05, 3.63) is 69.2 Å². The minimum atomic E-state index is -0.250. The molecule has 2 aromatic carbocycles. The molecule has 0 saturated heterocycles. The molecule has 1 N–H and O–H groups in total. The molecule has 0 atom stereocenters. The third-order valence-electron chi connectivity index (χ3n) is 2.67. The molecule has 0 saturated carbocycles. The maximum absolute atomic E-state index is 11.9. The van der Waals surface area contributed by atoms with Gasteiger partial charge in [0.05, 0.1) is 5.71 Å². The summed E-state index contributed by atoms with van der Waals surface area (Å²) in [6, 6.07) is 14.4. The van der Waals surface area contributed by atoms with E-state index in [0.29, 0.717) is 16.3 Å². The summed E-state index contributed by atoms with van der Waals surface area (Å²) in [5.74, 6) is -0.250. The number of hydrazone groups is 1. The summed E-state index contributed by atoms with van der Waals surface area (Å²) in [4.78, 5) is 11.9. The van der Waals surface area contributed by atoms with Gasteiger partial charge in [-0.2, -0.15) is 5.10 Å². The van der Waals surface area contributed by atoms with Crippen LogP contribution in [-0.4, -0.2) is 11.6 Å². The molecule has 0 aliphatic carbocycles. The van der Waals surface area contributed by atoms with Gasteiger partial charge in [-0.1, -0.05) is 45.7 Å². The Hall–Kier alpha value is -1.65. The lowest BCUT2D eigenvalue weighted by Gasteiger charge is -2.03. The van der Waals surface area contributed by atoms with Gasteiger partial charge in [-0.15, -0.1) is 0 Å². The maximum Gasteiger partial charge on any atom is 0.271 e. The third kappa shape index (κ3) is 3.92.